The van der Waals surface area contributed by atoms with Gasteiger partial charge in [0.15, 0.2) is 5.71 Å². The van der Waals surface area contributed by atoms with Crippen molar-refractivity contribution in [2.45, 2.75) is 19.3 Å². The molecule has 1 amide bonds. The van der Waals surface area contributed by atoms with Crippen LogP contribution < -0.4 is 5.59 Å². The van der Waals surface area contributed by atoms with Crippen LogP contribution in [0.2, 0.25) is 0 Å². The number of nitrogens with zero attached hydrogens (tertiary/aromatic N) is 2. The van der Waals surface area contributed by atoms with E-state index in [1.807, 2.05) is 37.0 Å². The molecule has 1 aromatic carbocycles. The molecule has 0 radical (unpaired) electrons. The molecular formula is C20H19N3O3PS-. The molecule has 1 fully saturated rings. The van der Waals surface area contributed by atoms with Crippen LogP contribution in [-0.2, 0) is 14.1 Å². The monoisotopic (exact) mass is 412 g/mol. The molecule has 0 bridgehead atoms. The fourth-order valence-corrected chi connectivity index (χ4v) is 2.74. The average Bonchev–Trinajstić information content (AvgIpc) is 2.75. The molecule has 0 saturated carbocycles. The standard InChI is InChI=1S/C20H19N3O3PS/c1-27-16-10-2-3-11-17-28-26-25-22-21-19(18-12-6-4-7-13-18)20(24)23-14-8-5-9-15-23/h4,6-7,12-13,22H,5,8-9,14-15H2,1H3/q-1/b21-19+. The van der Waals surface area contributed by atoms with Crippen molar-refractivity contribution in [2.75, 3.05) is 19.8 Å². The molecule has 1 aliphatic heterocycles. The molecule has 1 aromatic rings. The van der Waals surface area contributed by atoms with E-state index in [-0.39, 0.29) is 11.6 Å². The topological polar surface area (TPSA) is 63.2 Å². The van der Waals surface area contributed by atoms with Crippen LogP contribution in [0.4, 0.5) is 0 Å². The Kier molecular flexibility index (Phi) is 10.7. The zero-order valence-corrected chi connectivity index (χ0v) is 17.1. The van der Waals surface area contributed by atoms with Crippen molar-refractivity contribution in [2.24, 2.45) is 5.10 Å². The molecule has 0 spiro atoms. The first-order valence-electron chi connectivity index (χ1n) is 8.58. The van der Waals surface area contributed by atoms with Crippen LogP contribution in [0.5, 0.6) is 0 Å². The molecule has 0 aliphatic carbocycles. The van der Waals surface area contributed by atoms with Crippen molar-refractivity contribution in [1.29, 1.82) is 0 Å². The van der Waals surface area contributed by atoms with Crippen LogP contribution in [0, 0.1) is 34.6 Å². The second-order valence-electron chi connectivity index (χ2n) is 5.44. The number of amides is 1. The van der Waals surface area contributed by atoms with Crippen LogP contribution in [0.15, 0.2) is 35.4 Å². The predicted octanol–water partition coefficient (Wildman–Crippen LogP) is 3.01. The number of hydrogen-bond acceptors (Lipinski definition) is 6. The van der Waals surface area contributed by atoms with Crippen LogP contribution in [-0.4, -0.2) is 36.3 Å². The number of carbonyl (C=O) groups is 1. The lowest BCUT2D eigenvalue weighted by molar-refractivity contribution is -0.243. The van der Waals surface area contributed by atoms with E-state index < -0.39 is 0 Å². The second kappa shape index (κ2) is 13.7. The third-order valence-corrected chi connectivity index (χ3v) is 4.26. The van der Waals surface area contributed by atoms with Gasteiger partial charge in [-0.05, 0) is 37.0 Å². The fourth-order valence-electron chi connectivity index (χ4n) is 2.38. The first kappa shape index (κ1) is 21.8. The van der Waals surface area contributed by atoms with Crippen molar-refractivity contribution in [1.82, 2.24) is 10.5 Å². The number of rotatable bonds is 6. The Hall–Kier alpha value is -2.46. The summed E-state index contributed by atoms with van der Waals surface area (Å²) in [5.74, 6) is 10.2. The van der Waals surface area contributed by atoms with E-state index in [1.54, 1.807) is 4.90 Å². The lowest BCUT2D eigenvalue weighted by Crippen LogP contribution is -2.41. The molecular weight excluding hydrogens is 393 g/mol. The number of nitrogens with one attached hydrogen (secondary N) is 1. The maximum Gasteiger partial charge on any atom is 0.274 e. The molecule has 1 saturated heterocycles. The molecule has 0 aromatic heterocycles. The number of hydrogen-bond donors (Lipinski definition) is 1. The molecule has 28 heavy (non-hydrogen) atoms. The molecule has 144 valence electrons. The van der Waals surface area contributed by atoms with Gasteiger partial charge < -0.3 is 13.5 Å². The Labute approximate surface area is 171 Å². The molecule has 8 heteroatoms. The smallest absolute Gasteiger partial charge is 0.274 e. The van der Waals surface area contributed by atoms with Crippen LogP contribution in [0.3, 0.4) is 0 Å². The minimum atomic E-state index is -0.141. The minimum Gasteiger partial charge on any atom is -0.455 e. The molecule has 2 rings (SSSR count). The SMILES string of the molecule is C[P-]C#CC#CC#CSOON/N=C(/C(=O)N1CCCCC1)c1ccccc1. The summed E-state index contributed by atoms with van der Waals surface area (Å²) in [6.07, 6.45) is 3.15. The molecule has 0 atom stereocenters. The Morgan fingerprint density at radius 2 is 1.89 bits per heavy atom. The zero-order valence-electron chi connectivity index (χ0n) is 15.4. The first-order chi connectivity index (χ1) is 13.8. The van der Waals surface area contributed by atoms with Gasteiger partial charge in [-0.1, -0.05) is 35.3 Å². The fraction of sp³-hybridized carbons (Fsp3) is 0.300. The van der Waals surface area contributed by atoms with Gasteiger partial charge in [0.2, 0.25) is 0 Å². The van der Waals surface area contributed by atoms with Crippen molar-refractivity contribution < 1.29 is 14.1 Å². The number of benzene rings is 1. The summed E-state index contributed by atoms with van der Waals surface area (Å²) in [6.45, 7) is 3.38. The van der Waals surface area contributed by atoms with Crippen molar-refractivity contribution >= 4 is 32.2 Å². The highest BCUT2D eigenvalue weighted by molar-refractivity contribution is 7.99. The lowest BCUT2D eigenvalue weighted by atomic mass is 10.1. The second-order valence-corrected chi connectivity index (χ2v) is 6.62. The van der Waals surface area contributed by atoms with E-state index in [0.29, 0.717) is 5.56 Å². The summed E-state index contributed by atoms with van der Waals surface area (Å²) in [5, 5.41) is 6.63. The minimum absolute atomic E-state index is 0.141. The van der Waals surface area contributed by atoms with Gasteiger partial charge >= 0.3 is 0 Å². The molecule has 1 N–H and O–H groups in total. The number of hydrazone groups is 1. The highest BCUT2D eigenvalue weighted by Crippen LogP contribution is 2.12. The van der Waals surface area contributed by atoms with E-state index in [4.69, 9.17) is 9.32 Å². The summed E-state index contributed by atoms with van der Waals surface area (Å²) in [7, 11) is 0.964. The molecule has 0 unspecified atom stereocenters. The number of piperidine rings is 1. The molecule has 1 heterocycles. The molecule has 6 nitrogen and oxygen atoms in total. The summed E-state index contributed by atoms with van der Waals surface area (Å²) >= 11 is 0.738. The normalized spacial score (nSPS) is 13.6. The Morgan fingerprint density at radius 1 is 1.14 bits per heavy atom. The maximum absolute atomic E-state index is 12.8. The Balaban J connectivity index is 1.89. The van der Waals surface area contributed by atoms with Crippen molar-refractivity contribution in [3.8, 4) is 34.6 Å². The van der Waals surface area contributed by atoms with Crippen LogP contribution >= 0.6 is 20.6 Å². The van der Waals surface area contributed by atoms with E-state index >= 15 is 0 Å². The van der Waals surface area contributed by atoms with E-state index in [1.165, 1.54) is 0 Å². The largest absolute Gasteiger partial charge is 0.455 e. The average molecular weight is 412 g/mol. The van der Waals surface area contributed by atoms with Crippen LogP contribution in [0.1, 0.15) is 24.8 Å². The van der Waals surface area contributed by atoms with Gasteiger partial charge in [0.1, 0.15) is 12.0 Å². The Bertz CT molecular complexity index is 851. The summed E-state index contributed by atoms with van der Waals surface area (Å²) in [4.78, 5) is 19.4. The van der Waals surface area contributed by atoms with Gasteiger partial charge in [-0.25, -0.2) is 0 Å². The number of likely N-dealkylation sites (tertiary alicyclic amines) is 1. The van der Waals surface area contributed by atoms with E-state index in [2.05, 4.69) is 45.3 Å². The summed E-state index contributed by atoms with van der Waals surface area (Å²) in [5.41, 5.74) is 6.04. The predicted molar refractivity (Wildman–Crippen MR) is 112 cm³/mol. The number of carbonyl (C=O) groups excluding carboxylic acids is 1. The van der Waals surface area contributed by atoms with Gasteiger partial charge in [0.25, 0.3) is 5.91 Å². The third kappa shape index (κ3) is 8.05. The van der Waals surface area contributed by atoms with Gasteiger partial charge in [0, 0.05) is 29.8 Å². The van der Waals surface area contributed by atoms with E-state index in [0.717, 1.165) is 53.0 Å². The van der Waals surface area contributed by atoms with Gasteiger partial charge in [-0.15, -0.1) is 9.44 Å². The zero-order chi connectivity index (χ0) is 19.9. The first-order valence-corrected chi connectivity index (χ1v) is 10.7. The summed E-state index contributed by atoms with van der Waals surface area (Å²) in [6, 6.07) is 9.22. The lowest BCUT2D eigenvalue weighted by Gasteiger charge is -2.27. The van der Waals surface area contributed by atoms with Gasteiger partial charge in [-0.2, -0.15) is 12.3 Å². The van der Waals surface area contributed by atoms with Gasteiger partial charge in [-0.3, -0.25) is 10.5 Å². The highest BCUT2D eigenvalue weighted by atomic mass is 32.2. The van der Waals surface area contributed by atoms with Crippen LogP contribution in [0.25, 0.3) is 0 Å². The van der Waals surface area contributed by atoms with Gasteiger partial charge in [0.05, 0.1) is 0 Å². The Morgan fingerprint density at radius 3 is 2.64 bits per heavy atom. The molecule has 1 aliphatic rings. The van der Waals surface area contributed by atoms with Crippen molar-refractivity contribution in [3.63, 3.8) is 0 Å². The quantitative estimate of drug-likeness (QED) is 0.148. The summed E-state index contributed by atoms with van der Waals surface area (Å²) < 4.78 is 4.77. The highest BCUT2D eigenvalue weighted by Gasteiger charge is 2.23. The maximum atomic E-state index is 12.8. The third-order valence-electron chi connectivity index (χ3n) is 3.60. The van der Waals surface area contributed by atoms with Crippen molar-refractivity contribution in [3.05, 3.63) is 35.9 Å². The van der Waals surface area contributed by atoms with E-state index in [9.17, 15) is 4.79 Å².